The van der Waals surface area contributed by atoms with Crippen LogP contribution in [0.25, 0.3) is 0 Å². The van der Waals surface area contributed by atoms with Gasteiger partial charge < -0.3 is 5.11 Å². The number of hydrogen-bond donors (Lipinski definition) is 1. The van der Waals surface area contributed by atoms with Crippen LogP contribution in [0, 0.1) is 6.92 Å². The number of aliphatic carboxylic acids is 1. The van der Waals surface area contributed by atoms with Gasteiger partial charge in [-0.1, -0.05) is 68.5 Å². The van der Waals surface area contributed by atoms with Crippen LogP contribution in [0.5, 0.6) is 0 Å². The molecular weight excluding hydrogens is 271 g/mol. The standard InChI is InChI=1S/C8H16O2.C7H8.Co/c1-2-3-4-5-6-7-8(9)10;1-7-5-3-2-4-6-7;/h2-7H2,1H3,(H,9,10);2-6H,1H3;. The predicted octanol–water partition coefficient (Wildman–Crippen LogP) is 4.42. The maximum atomic E-state index is 10.0. The summed E-state index contributed by atoms with van der Waals surface area (Å²) in [7, 11) is 0. The third kappa shape index (κ3) is 15.2. The summed E-state index contributed by atoms with van der Waals surface area (Å²) in [6.45, 7) is 4.23. The van der Waals surface area contributed by atoms with E-state index in [0.29, 0.717) is 6.42 Å². The van der Waals surface area contributed by atoms with Crippen LogP contribution in [0.15, 0.2) is 30.3 Å². The van der Waals surface area contributed by atoms with Crippen molar-refractivity contribution in [3.8, 4) is 0 Å². The van der Waals surface area contributed by atoms with Crippen molar-refractivity contribution in [2.24, 2.45) is 0 Å². The fraction of sp³-hybridized carbons (Fsp3) is 0.533. The van der Waals surface area contributed by atoms with E-state index in [1.165, 1.54) is 24.8 Å². The Balaban J connectivity index is 0. The SMILES string of the molecule is CCCCCCCC(=O)O.Cc1ccccc1.[Co]. The van der Waals surface area contributed by atoms with Gasteiger partial charge in [0.25, 0.3) is 0 Å². The average molecular weight is 295 g/mol. The van der Waals surface area contributed by atoms with Crippen molar-refractivity contribution in [1.82, 2.24) is 0 Å². The zero-order valence-electron chi connectivity index (χ0n) is 11.3. The minimum atomic E-state index is -0.670. The molecule has 105 valence electrons. The summed E-state index contributed by atoms with van der Waals surface area (Å²) in [6.07, 6.45) is 5.88. The molecule has 2 nitrogen and oxygen atoms in total. The molecule has 0 aliphatic rings. The molecule has 1 aromatic rings. The molecule has 1 rings (SSSR count). The molecule has 0 bridgehead atoms. The van der Waals surface area contributed by atoms with Crippen molar-refractivity contribution in [1.29, 1.82) is 0 Å². The van der Waals surface area contributed by atoms with Crippen molar-refractivity contribution in [3.63, 3.8) is 0 Å². The molecule has 0 aliphatic carbocycles. The minimum absolute atomic E-state index is 0. The molecule has 1 N–H and O–H groups in total. The van der Waals surface area contributed by atoms with Crippen molar-refractivity contribution in [2.75, 3.05) is 0 Å². The van der Waals surface area contributed by atoms with Crippen LogP contribution in [0.1, 0.15) is 51.0 Å². The summed E-state index contributed by atoms with van der Waals surface area (Å²) in [6, 6.07) is 10.3. The quantitative estimate of drug-likeness (QED) is 0.789. The van der Waals surface area contributed by atoms with Gasteiger partial charge in [0.15, 0.2) is 0 Å². The number of hydrogen-bond acceptors (Lipinski definition) is 1. The third-order valence-electron chi connectivity index (χ3n) is 2.43. The molecule has 0 heterocycles. The van der Waals surface area contributed by atoms with Gasteiger partial charge in [-0.3, -0.25) is 4.79 Å². The summed E-state index contributed by atoms with van der Waals surface area (Å²) in [5.41, 5.74) is 1.32. The van der Waals surface area contributed by atoms with Gasteiger partial charge in [0.1, 0.15) is 0 Å². The van der Waals surface area contributed by atoms with Crippen LogP contribution >= 0.6 is 0 Å². The molecule has 0 amide bonds. The number of carboxylic acid groups (broad SMARTS) is 1. The van der Waals surface area contributed by atoms with Crippen LogP contribution < -0.4 is 0 Å². The van der Waals surface area contributed by atoms with Crippen LogP contribution in [0.2, 0.25) is 0 Å². The van der Waals surface area contributed by atoms with E-state index in [-0.39, 0.29) is 16.8 Å². The minimum Gasteiger partial charge on any atom is -0.481 e. The fourth-order valence-electron chi connectivity index (χ4n) is 1.41. The molecule has 1 aromatic carbocycles. The summed E-state index contributed by atoms with van der Waals surface area (Å²) in [5, 5.41) is 8.27. The van der Waals surface area contributed by atoms with Crippen LogP contribution in [-0.2, 0) is 21.6 Å². The second-order valence-corrected chi connectivity index (χ2v) is 4.21. The van der Waals surface area contributed by atoms with Gasteiger partial charge in [-0.2, -0.15) is 0 Å². The molecule has 0 spiro atoms. The molecule has 0 saturated heterocycles. The Kier molecular flexibility index (Phi) is 15.5. The van der Waals surface area contributed by atoms with Gasteiger partial charge in [0, 0.05) is 23.2 Å². The summed E-state index contributed by atoms with van der Waals surface area (Å²) in [4.78, 5) is 10.0. The molecule has 0 unspecified atom stereocenters. The fourth-order valence-corrected chi connectivity index (χ4v) is 1.41. The summed E-state index contributed by atoms with van der Waals surface area (Å²) >= 11 is 0. The van der Waals surface area contributed by atoms with Gasteiger partial charge in [0.05, 0.1) is 0 Å². The zero-order chi connectivity index (χ0) is 12.9. The molecule has 0 fully saturated rings. The molecule has 1 radical (unpaired) electrons. The Morgan fingerprint density at radius 2 is 1.61 bits per heavy atom. The first-order valence-corrected chi connectivity index (χ1v) is 6.40. The maximum Gasteiger partial charge on any atom is 0.303 e. The molecule has 18 heavy (non-hydrogen) atoms. The number of unbranched alkanes of at least 4 members (excludes halogenated alkanes) is 4. The Morgan fingerprint density at radius 3 is 2.00 bits per heavy atom. The molecule has 0 saturated carbocycles. The molecule has 0 aromatic heterocycles. The maximum absolute atomic E-state index is 10.0. The summed E-state index contributed by atoms with van der Waals surface area (Å²) in [5.74, 6) is -0.670. The Morgan fingerprint density at radius 1 is 1.06 bits per heavy atom. The van der Waals surface area contributed by atoms with E-state index in [2.05, 4.69) is 26.0 Å². The van der Waals surface area contributed by atoms with E-state index in [1.54, 1.807) is 0 Å². The number of rotatable bonds is 6. The van der Waals surface area contributed by atoms with E-state index in [1.807, 2.05) is 18.2 Å². The number of carboxylic acids is 1. The summed E-state index contributed by atoms with van der Waals surface area (Å²) < 4.78 is 0. The Hall–Kier alpha value is -0.804. The Bertz CT molecular complexity index is 286. The zero-order valence-corrected chi connectivity index (χ0v) is 12.4. The van der Waals surface area contributed by atoms with E-state index < -0.39 is 5.97 Å². The average Bonchev–Trinajstić information content (AvgIpc) is 2.30. The first-order valence-electron chi connectivity index (χ1n) is 6.40. The van der Waals surface area contributed by atoms with Crippen LogP contribution in [0.4, 0.5) is 0 Å². The van der Waals surface area contributed by atoms with Crippen molar-refractivity contribution in [2.45, 2.75) is 52.4 Å². The second kappa shape index (κ2) is 14.3. The molecule has 3 heteroatoms. The van der Waals surface area contributed by atoms with Gasteiger partial charge in [0.2, 0.25) is 0 Å². The Labute approximate surface area is 121 Å². The van der Waals surface area contributed by atoms with Gasteiger partial charge in [-0.05, 0) is 13.3 Å². The second-order valence-electron chi connectivity index (χ2n) is 4.21. The number of benzene rings is 1. The smallest absolute Gasteiger partial charge is 0.303 e. The van der Waals surface area contributed by atoms with Crippen molar-refractivity contribution in [3.05, 3.63) is 35.9 Å². The van der Waals surface area contributed by atoms with Gasteiger partial charge in [-0.25, -0.2) is 0 Å². The molecular formula is C15H24CoO2. The molecule has 0 atom stereocenters. The van der Waals surface area contributed by atoms with E-state index in [4.69, 9.17) is 5.11 Å². The monoisotopic (exact) mass is 295 g/mol. The topological polar surface area (TPSA) is 37.3 Å². The number of aryl methyl sites for hydroxylation is 1. The van der Waals surface area contributed by atoms with E-state index in [0.717, 1.165) is 12.8 Å². The first kappa shape index (κ1) is 19.5. The predicted molar refractivity (Wildman–Crippen MR) is 72.2 cm³/mol. The van der Waals surface area contributed by atoms with E-state index in [9.17, 15) is 4.79 Å². The van der Waals surface area contributed by atoms with Crippen molar-refractivity contribution < 1.29 is 26.7 Å². The van der Waals surface area contributed by atoms with Crippen LogP contribution in [0.3, 0.4) is 0 Å². The third-order valence-corrected chi connectivity index (χ3v) is 2.43. The van der Waals surface area contributed by atoms with Crippen molar-refractivity contribution >= 4 is 5.97 Å². The number of carbonyl (C=O) groups is 1. The first-order chi connectivity index (χ1) is 8.16. The normalized spacial score (nSPS) is 8.78. The van der Waals surface area contributed by atoms with Crippen LogP contribution in [-0.4, -0.2) is 11.1 Å². The molecule has 0 aliphatic heterocycles. The van der Waals surface area contributed by atoms with Gasteiger partial charge >= 0.3 is 5.97 Å². The largest absolute Gasteiger partial charge is 0.481 e. The van der Waals surface area contributed by atoms with Gasteiger partial charge in [-0.15, -0.1) is 0 Å². The van der Waals surface area contributed by atoms with E-state index >= 15 is 0 Å².